The highest BCUT2D eigenvalue weighted by Crippen LogP contribution is 2.20. The van der Waals surface area contributed by atoms with Crippen LogP contribution in [-0.2, 0) is 11.3 Å². The third-order valence-corrected chi connectivity index (χ3v) is 3.95. The van der Waals surface area contributed by atoms with Crippen molar-refractivity contribution in [1.29, 1.82) is 0 Å². The maximum Gasteiger partial charge on any atom is 0.242 e. The van der Waals surface area contributed by atoms with Crippen LogP contribution in [0, 0.1) is 0 Å². The van der Waals surface area contributed by atoms with Crippen LogP contribution in [0.2, 0.25) is 0 Å². The van der Waals surface area contributed by atoms with E-state index in [1.165, 1.54) is 0 Å². The van der Waals surface area contributed by atoms with Crippen LogP contribution in [0.1, 0.15) is 17.4 Å². The van der Waals surface area contributed by atoms with Gasteiger partial charge in [0.05, 0.1) is 6.54 Å². The molecule has 3 rings (SSSR count). The third-order valence-electron chi connectivity index (χ3n) is 3.95. The van der Waals surface area contributed by atoms with Gasteiger partial charge < -0.3 is 9.84 Å². The second-order valence-corrected chi connectivity index (χ2v) is 6.04. The number of hydrogen-bond acceptors (Lipinski definition) is 4. The van der Waals surface area contributed by atoms with Crippen LogP contribution in [0.3, 0.4) is 0 Å². The van der Waals surface area contributed by atoms with Crippen LogP contribution in [0.15, 0.2) is 71.3 Å². The molecule has 0 unspecified atom stereocenters. The second-order valence-electron chi connectivity index (χ2n) is 6.04. The highest BCUT2D eigenvalue weighted by Gasteiger charge is 2.22. The molecule has 2 aromatic carbocycles. The molecule has 1 aromatic heterocycles. The van der Waals surface area contributed by atoms with E-state index in [2.05, 4.69) is 10.5 Å². The first kappa shape index (κ1) is 16.9. The zero-order valence-electron chi connectivity index (χ0n) is 14.3. The SMILES string of the molecule is CN(C)[C@@H](C(=O)NCc1cc(-c2ccccc2)no1)c1ccccc1. The Labute approximate surface area is 147 Å². The molecule has 0 aliphatic heterocycles. The van der Waals surface area contributed by atoms with Gasteiger partial charge in [-0.05, 0) is 19.7 Å². The van der Waals surface area contributed by atoms with Gasteiger partial charge in [0.25, 0.3) is 0 Å². The van der Waals surface area contributed by atoms with E-state index in [1.54, 1.807) is 0 Å². The van der Waals surface area contributed by atoms with Gasteiger partial charge in [-0.15, -0.1) is 0 Å². The van der Waals surface area contributed by atoms with Gasteiger partial charge in [-0.3, -0.25) is 9.69 Å². The van der Waals surface area contributed by atoms with Crippen molar-refractivity contribution in [3.63, 3.8) is 0 Å². The molecule has 0 aliphatic carbocycles. The first-order chi connectivity index (χ1) is 12.1. The van der Waals surface area contributed by atoms with Crippen molar-refractivity contribution < 1.29 is 9.32 Å². The zero-order chi connectivity index (χ0) is 17.6. The molecule has 0 radical (unpaired) electrons. The highest BCUT2D eigenvalue weighted by atomic mass is 16.5. The van der Waals surface area contributed by atoms with E-state index in [0.717, 1.165) is 16.8 Å². The number of nitrogens with one attached hydrogen (secondary N) is 1. The molecule has 128 valence electrons. The number of carbonyl (C=O) groups excluding carboxylic acids is 1. The van der Waals surface area contributed by atoms with Crippen molar-refractivity contribution in [3.8, 4) is 11.3 Å². The van der Waals surface area contributed by atoms with E-state index in [0.29, 0.717) is 12.3 Å². The van der Waals surface area contributed by atoms with Gasteiger partial charge in [0.2, 0.25) is 5.91 Å². The van der Waals surface area contributed by atoms with Crippen molar-refractivity contribution in [2.24, 2.45) is 0 Å². The van der Waals surface area contributed by atoms with Gasteiger partial charge in [0.15, 0.2) is 5.76 Å². The topological polar surface area (TPSA) is 58.4 Å². The minimum Gasteiger partial charge on any atom is -0.359 e. The van der Waals surface area contributed by atoms with Crippen molar-refractivity contribution in [1.82, 2.24) is 15.4 Å². The van der Waals surface area contributed by atoms with E-state index in [4.69, 9.17) is 4.52 Å². The summed E-state index contributed by atoms with van der Waals surface area (Å²) in [7, 11) is 3.78. The lowest BCUT2D eigenvalue weighted by molar-refractivity contribution is -0.126. The summed E-state index contributed by atoms with van der Waals surface area (Å²) in [6, 6.07) is 21.0. The Balaban J connectivity index is 1.66. The van der Waals surface area contributed by atoms with Crippen LogP contribution < -0.4 is 5.32 Å². The molecule has 3 aromatic rings. The van der Waals surface area contributed by atoms with Crippen LogP contribution in [0.4, 0.5) is 0 Å². The molecular formula is C20H21N3O2. The number of benzene rings is 2. The van der Waals surface area contributed by atoms with Crippen molar-refractivity contribution >= 4 is 5.91 Å². The largest absolute Gasteiger partial charge is 0.359 e. The summed E-state index contributed by atoms with van der Waals surface area (Å²) in [4.78, 5) is 14.5. The van der Waals surface area contributed by atoms with Crippen molar-refractivity contribution in [2.75, 3.05) is 14.1 Å². The fourth-order valence-electron chi connectivity index (χ4n) is 2.73. The molecule has 1 amide bonds. The molecular weight excluding hydrogens is 314 g/mol. The number of carbonyl (C=O) groups is 1. The number of amides is 1. The van der Waals surface area contributed by atoms with Crippen LogP contribution in [-0.4, -0.2) is 30.1 Å². The summed E-state index contributed by atoms with van der Waals surface area (Å²) >= 11 is 0. The van der Waals surface area contributed by atoms with Gasteiger partial charge in [0.1, 0.15) is 11.7 Å². The zero-order valence-corrected chi connectivity index (χ0v) is 14.3. The van der Waals surface area contributed by atoms with E-state index < -0.39 is 0 Å². The molecule has 0 bridgehead atoms. The Hall–Kier alpha value is -2.92. The molecule has 5 heteroatoms. The van der Waals surface area contributed by atoms with Crippen molar-refractivity contribution in [2.45, 2.75) is 12.6 Å². The molecule has 25 heavy (non-hydrogen) atoms. The normalized spacial score (nSPS) is 12.1. The maximum absolute atomic E-state index is 12.6. The number of likely N-dealkylation sites (N-methyl/N-ethyl adjacent to an activating group) is 1. The minimum atomic E-state index is -0.349. The van der Waals surface area contributed by atoms with Gasteiger partial charge in [0, 0.05) is 11.6 Å². The summed E-state index contributed by atoms with van der Waals surface area (Å²) < 4.78 is 5.34. The smallest absolute Gasteiger partial charge is 0.242 e. The molecule has 0 fully saturated rings. The average molecular weight is 335 g/mol. The number of rotatable bonds is 6. The Kier molecular flexibility index (Phi) is 5.26. The summed E-state index contributed by atoms with van der Waals surface area (Å²) in [5.41, 5.74) is 2.70. The van der Waals surface area contributed by atoms with E-state index in [1.807, 2.05) is 85.7 Å². The van der Waals surface area contributed by atoms with Crippen molar-refractivity contribution in [3.05, 3.63) is 78.1 Å². The summed E-state index contributed by atoms with van der Waals surface area (Å²) in [6.07, 6.45) is 0. The fourth-order valence-corrected chi connectivity index (χ4v) is 2.73. The lowest BCUT2D eigenvalue weighted by atomic mass is 10.1. The summed E-state index contributed by atoms with van der Waals surface area (Å²) in [6.45, 7) is 0.301. The fraction of sp³-hybridized carbons (Fsp3) is 0.200. The van der Waals surface area contributed by atoms with Gasteiger partial charge in [-0.25, -0.2) is 0 Å². The average Bonchev–Trinajstić information content (AvgIpc) is 3.10. The number of nitrogens with zero attached hydrogens (tertiary/aromatic N) is 2. The quantitative estimate of drug-likeness (QED) is 0.751. The summed E-state index contributed by atoms with van der Waals surface area (Å²) in [5, 5.41) is 7.00. The molecule has 5 nitrogen and oxygen atoms in total. The lowest BCUT2D eigenvalue weighted by Crippen LogP contribution is -2.36. The van der Waals surface area contributed by atoms with E-state index in [9.17, 15) is 4.79 Å². The molecule has 1 atom stereocenters. The third kappa shape index (κ3) is 4.14. The maximum atomic E-state index is 12.6. The molecule has 0 saturated carbocycles. The Morgan fingerprint density at radius 1 is 1.08 bits per heavy atom. The van der Waals surface area contributed by atoms with Crippen LogP contribution >= 0.6 is 0 Å². The standard InChI is InChI=1S/C20H21N3O2/c1-23(2)19(16-11-7-4-8-12-16)20(24)21-14-17-13-18(22-25-17)15-9-5-3-6-10-15/h3-13,19H,14H2,1-2H3,(H,21,24)/t19-/m1/s1. The Morgan fingerprint density at radius 2 is 1.72 bits per heavy atom. The van der Waals surface area contributed by atoms with E-state index >= 15 is 0 Å². The predicted molar refractivity (Wildman–Crippen MR) is 96.7 cm³/mol. The number of aromatic nitrogens is 1. The summed E-state index contributed by atoms with van der Waals surface area (Å²) in [5.74, 6) is 0.548. The Bertz CT molecular complexity index is 813. The Morgan fingerprint density at radius 3 is 2.36 bits per heavy atom. The first-order valence-corrected chi connectivity index (χ1v) is 8.15. The van der Waals surface area contributed by atoms with E-state index in [-0.39, 0.29) is 11.9 Å². The molecule has 0 saturated heterocycles. The molecule has 1 N–H and O–H groups in total. The number of hydrogen-bond donors (Lipinski definition) is 1. The second kappa shape index (κ2) is 7.77. The van der Waals surface area contributed by atoms with Crippen LogP contribution in [0.25, 0.3) is 11.3 Å². The minimum absolute atomic E-state index is 0.0751. The predicted octanol–water partition coefficient (Wildman–Crippen LogP) is 3.26. The van der Waals surface area contributed by atoms with Gasteiger partial charge in [-0.2, -0.15) is 0 Å². The monoisotopic (exact) mass is 335 g/mol. The lowest BCUT2D eigenvalue weighted by Gasteiger charge is -2.23. The molecule has 0 spiro atoms. The molecule has 0 aliphatic rings. The van der Waals surface area contributed by atoms with Gasteiger partial charge in [-0.1, -0.05) is 65.8 Å². The first-order valence-electron chi connectivity index (χ1n) is 8.15. The molecule has 1 heterocycles. The van der Waals surface area contributed by atoms with Gasteiger partial charge >= 0.3 is 0 Å². The van der Waals surface area contributed by atoms with Crippen LogP contribution in [0.5, 0.6) is 0 Å². The highest BCUT2D eigenvalue weighted by molar-refractivity contribution is 5.83.